The van der Waals surface area contributed by atoms with Crippen LogP contribution in [0.2, 0.25) is 5.02 Å². The van der Waals surface area contributed by atoms with Crippen LogP contribution in [-0.2, 0) is 0 Å². The largest absolute Gasteiger partial charge is 0.453 e. The lowest BCUT2D eigenvalue weighted by molar-refractivity contribution is 0.103. The lowest BCUT2D eigenvalue weighted by atomic mass is 10.3. The number of rotatable bonds is 0. The van der Waals surface area contributed by atoms with E-state index in [9.17, 15) is 4.79 Å². The van der Waals surface area contributed by atoms with E-state index in [0.717, 1.165) is 0 Å². The fraction of sp³-hybridized carbons (Fsp3) is 0. The molecule has 1 amide bonds. The lowest BCUT2D eigenvalue weighted by Crippen LogP contribution is -2.08. The molecule has 1 aliphatic rings. The monoisotopic (exact) mass is 251 g/mol. The van der Waals surface area contributed by atoms with E-state index in [-0.39, 0.29) is 5.91 Å². The highest BCUT2D eigenvalue weighted by atomic mass is 35.5. The van der Waals surface area contributed by atoms with Gasteiger partial charge in [0.15, 0.2) is 11.5 Å². The maximum Gasteiger partial charge on any atom is 0.269 e. The SMILES string of the molecule is O=C1Nc2cc(Cl)ccc2Oc2ccsc21. The van der Waals surface area contributed by atoms with E-state index in [0.29, 0.717) is 27.1 Å². The van der Waals surface area contributed by atoms with Gasteiger partial charge in [0.05, 0.1) is 5.69 Å². The van der Waals surface area contributed by atoms with Gasteiger partial charge < -0.3 is 10.1 Å². The summed E-state index contributed by atoms with van der Waals surface area (Å²) in [5, 5.41) is 5.15. The van der Waals surface area contributed by atoms with Crippen LogP contribution in [0.3, 0.4) is 0 Å². The molecule has 1 aliphatic heterocycles. The number of hydrogen-bond acceptors (Lipinski definition) is 3. The van der Waals surface area contributed by atoms with Crippen LogP contribution in [0.15, 0.2) is 29.6 Å². The zero-order chi connectivity index (χ0) is 11.1. The Morgan fingerprint density at radius 3 is 3.00 bits per heavy atom. The number of thiophene rings is 1. The van der Waals surface area contributed by atoms with Crippen LogP contribution >= 0.6 is 22.9 Å². The van der Waals surface area contributed by atoms with Crippen LogP contribution in [-0.4, -0.2) is 5.91 Å². The second kappa shape index (κ2) is 3.50. The van der Waals surface area contributed by atoms with E-state index in [2.05, 4.69) is 5.32 Å². The van der Waals surface area contributed by atoms with Gasteiger partial charge in [-0.05, 0) is 29.6 Å². The van der Waals surface area contributed by atoms with Gasteiger partial charge >= 0.3 is 0 Å². The lowest BCUT2D eigenvalue weighted by Gasteiger charge is -2.06. The fourth-order valence-electron chi connectivity index (χ4n) is 1.53. The molecule has 0 unspecified atom stereocenters. The average Bonchev–Trinajstić information content (AvgIpc) is 2.65. The molecule has 3 rings (SSSR count). The zero-order valence-electron chi connectivity index (χ0n) is 7.99. The first-order valence-electron chi connectivity index (χ1n) is 4.60. The highest BCUT2D eigenvalue weighted by Gasteiger charge is 2.21. The van der Waals surface area contributed by atoms with Gasteiger partial charge in [-0.3, -0.25) is 4.79 Å². The van der Waals surface area contributed by atoms with Gasteiger partial charge in [0.25, 0.3) is 5.91 Å². The van der Waals surface area contributed by atoms with Gasteiger partial charge in [0.1, 0.15) is 4.88 Å². The predicted molar refractivity (Wildman–Crippen MR) is 63.8 cm³/mol. The van der Waals surface area contributed by atoms with Crippen molar-refractivity contribution >= 4 is 34.5 Å². The molecule has 3 nitrogen and oxygen atoms in total. The van der Waals surface area contributed by atoms with E-state index < -0.39 is 0 Å². The van der Waals surface area contributed by atoms with E-state index in [1.54, 1.807) is 24.3 Å². The number of carbonyl (C=O) groups excluding carboxylic acids is 1. The number of anilines is 1. The first-order valence-corrected chi connectivity index (χ1v) is 5.86. The van der Waals surface area contributed by atoms with Crippen LogP contribution < -0.4 is 10.1 Å². The van der Waals surface area contributed by atoms with Crippen LogP contribution in [0.25, 0.3) is 0 Å². The van der Waals surface area contributed by atoms with Crippen LogP contribution in [0.1, 0.15) is 9.67 Å². The molecule has 16 heavy (non-hydrogen) atoms. The second-order valence-electron chi connectivity index (χ2n) is 3.31. The minimum atomic E-state index is -0.161. The molecule has 0 radical (unpaired) electrons. The maximum absolute atomic E-state index is 11.8. The van der Waals surface area contributed by atoms with Crippen LogP contribution in [0, 0.1) is 0 Å². The Hall–Kier alpha value is -1.52. The Morgan fingerprint density at radius 1 is 1.25 bits per heavy atom. The summed E-state index contributed by atoms with van der Waals surface area (Å²) in [6.45, 7) is 0. The van der Waals surface area contributed by atoms with E-state index >= 15 is 0 Å². The molecule has 0 saturated heterocycles. The third kappa shape index (κ3) is 1.47. The molecule has 2 aromatic rings. The first kappa shape index (κ1) is 9.69. The standard InChI is InChI=1S/C11H6ClNO2S/c12-6-1-2-8-7(5-6)13-11(14)10-9(15-8)3-4-16-10/h1-5H,(H,13,14). The normalized spacial score (nSPS) is 13.2. The van der Waals surface area contributed by atoms with Crippen molar-refractivity contribution in [3.63, 3.8) is 0 Å². The molecule has 80 valence electrons. The summed E-state index contributed by atoms with van der Waals surface area (Å²) in [7, 11) is 0. The van der Waals surface area contributed by atoms with Gasteiger partial charge in [-0.2, -0.15) is 0 Å². The summed E-state index contributed by atoms with van der Waals surface area (Å²) in [6, 6.07) is 6.92. The number of fused-ring (bicyclic) bond motifs is 2. The number of hydrogen-bond donors (Lipinski definition) is 1. The third-order valence-electron chi connectivity index (χ3n) is 2.25. The second-order valence-corrected chi connectivity index (χ2v) is 4.66. The highest BCUT2D eigenvalue weighted by Crippen LogP contribution is 2.38. The van der Waals surface area contributed by atoms with Gasteiger partial charge in [0, 0.05) is 5.02 Å². The number of carbonyl (C=O) groups is 1. The Bertz CT molecular complexity index is 579. The van der Waals surface area contributed by atoms with E-state index in [1.165, 1.54) is 11.3 Å². The molecule has 1 aromatic heterocycles. The molecule has 0 spiro atoms. The number of ether oxygens (including phenoxy) is 1. The maximum atomic E-state index is 11.8. The van der Waals surface area contributed by atoms with Crippen molar-refractivity contribution in [1.29, 1.82) is 0 Å². The molecule has 0 bridgehead atoms. The molecule has 0 aliphatic carbocycles. The van der Waals surface area contributed by atoms with Crippen LogP contribution in [0.4, 0.5) is 5.69 Å². The fourth-order valence-corrected chi connectivity index (χ4v) is 2.41. The zero-order valence-corrected chi connectivity index (χ0v) is 9.56. The van der Waals surface area contributed by atoms with Crippen LogP contribution in [0.5, 0.6) is 11.5 Å². The number of benzene rings is 1. The Morgan fingerprint density at radius 2 is 2.12 bits per heavy atom. The molecule has 1 aromatic carbocycles. The van der Waals surface area contributed by atoms with Crippen molar-refractivity contribution in [1.82, 2.24) is 0 Å². The number of amides is 1. The van der Waals surface area contributed by atoms with E-state index in [1.807, 2.05) is 5.38 Å². The average molecular weight is 252 g/mol. The van der Waals surface area contributed by atoms with Gasteiger partial charge in [-0.25, -0.2) is 0 Å². The van der Waals surface area contributed by atoms with Crippen molar-refractivity contribution < 1.29 is 9.53 Å². The van der Waals surface area contributed by atoms with Crippen molar-refractivity contribution in [3.05, 3.63) is 39.5 Å². The van der Waals surface area contributed by atoms with Crippen molar-refractivity contribution in [2.45, 2.75) is 0 Å². The highest BCUT2D eigenvalue weighted by molar-refractivity contribution is 7.12. The summed E-state index contributed by atoms with van der Waals surface area (Å²) in [5.41, 5.74) is 0.598. The predicted octanol–water partition coefficient (Wildman–Crippen LogP) is 3.76. The molecular formula is C11H6ClNO2S. The summed E-state index contributed by atoms with van der Waals surface area (Å²) < 4.78 is 5.64. The Kier molecular flexibility index (Phi) is 2.12. The molecule has 2 heterocycles. The summed E-state index contributed by atoms with van der Waals surface area (Å²) in [4.78, 5) is 12.4. The quantitative estimate of drug-likeness (QED) is 0.774. The number of halogens is 1. The van der Waals surface area contributed by atoms with Gasteiger partial charge in [-0.15, -0.1) is 11.3 Å². The van der Waals surface area contributed by atoms with Crippen molar-refractivity contribution in [2.24, 2.45) is 0 Å². The smallest absolute Gasteiger partial charge is 0.269 e. The summed E-state index contributed by atoms with van der Waals surface area (Å²) >= 11 is 7.21. The molecule has 1 N–H and O–H groups in total. The number of nitrogens with one attached hydrogen (secondary N) is 1. The third-order valence-corrected chi connectivity index (χ3v) is 3.37. The Labute approximate surface area is 101 Å². The van der Waals surface area contributed by atoms with E-state index in [4.69, 9.17) is 16.3 Å². The molecule has 5 heteroatoms. The van der Waals surface area contributed by atoms with Gasteiger partial charge in [-0.1, -0.05) is 11.6 Å². The topological polar surface area (TPSA) is 38.3 Å². The minimum absolute atomic E-state index is 0.161. The molecule has 0 saturated carbocycles. The summed E-state index contributed by atoms with van der Waals surface area (Å²) in [5.74, 6) is 1.03. The minimum Gasteiger partial charge on any atom is -0.453 e. The van der Waals surface area contributed by atoms with Gasteiger partial charge in [0.2, 0.25) is 0 Å². The first-order chi connectivity index (χ1) is 7.74. The molecule has 0 fully saturated rings. The Balaban J connectivity index is 2.16. The summed E-state index contributed by atoms with van der Waals surface area (Å²) in [6.07, 6.45) is 0. The molecule has 0 atom stereocenters. The molecular weight excluding hydrogens is 246 g/mol. The van der Waals surface area contributed by atoms with Crippen molar-refractivity contribution in [2.75, 3.05) is 5.32 Å². The van der Waals surface area contributed by atoms with Crippen molar-refractivity contribution in [3.8, 4) is 11.5 Å².